The van der Waals surface area contributed by atoms with Crippen molar-refractivity contribution in [3.8, 4) is 11.5 Å². The largest absolute Gasteiger partial charge is 0.497 e. The van der Waals surface area contributed by atoms with Gasteiger partial charge in [0.25, 0.3) is 0 Å². The number of ketones is 1. The van der Waals surface area contributed by atoms with Crippen molar-refractivity contribution in [3.63, 3.8) is 0 Å². The molecule has 1 aliphatic heterocycles. The van der Waals surface area contributed by atoms with E-state index in [4.69, 9.17) is 9.47 Å². The van der Waals surface area contributed by atoms with Gasteiger partial charge in [0, 0.05) is 11.6 Å². The van der Waals surface area contributed by atoms with E-state index < -0.39 is 5.79 Å². The Morgan fingerprint density at radius 2 is 1.95 bits per heavy atom. The molecule has 0 saturated carbocycles. The average molecular weight is 270 g/mol. The molecule has 4 heteroatoms. The maximum Gasteiger partial charge on any atom is 0.242 e. The molecule has 0 bridgehead atoms. The van der Waals surface area contributed by atoms with Crippen LogP contribution in [-0.2, 0) is 5.79 Å². The van der Waals surface area contributed by atoms with Crippen LogP contribution in [0.5, 0.6) is 11.5 Å². The Morgan fingerprint density at radius 3 is 2.65 bits per heavy atom. The lowest BCUT2D eigenvalue weighted by molar-refractivity contribution is -0.147. The predicted molar refractivity (Wildman–Crippen MR) is 72.9 cm³/mol. The van der Waals surface area contributed by atoms with Crippen LogP contribution in [0.2, 0.25) is 0 Å². The van der Waals surface area contributed by atoms with E-state index in [9.17, 15) is 9.90 Å². The maximum atomic E-state index is 12.2. The van der Waals surface area contributed by atoms with Gasteiger partial charge in [0.05, 0.1) is 19.1 Å². The summed E-state index contributed by atoms with van der Waals surface area (Å²) in [6.07, 6.45) is -0.101. The van der Waals surface area contributed by atoms with Crippen LogP contribution in [-0.4, -0.2) is 18.0 Å². The topological polar surface area (TPSA) is 55.8 Å². The van der Waals surface area contributed by atoms with E-state index in [1.807, 2.05) is 6.07 Å². The number of carbonyl (C=O) groups is 1. The molecular formula is C16H14O4. The zero-order valence-corrected chi connectivity index (χ0v) is 11.0. The third kappa shape index (κ3) is 2.04. The molecule has 0 fully saturated rings. The highest BCUT2D eigenvalue weighted by atomic mass is 16.6. The van der Waals surface area contributed by atoms with Crippen molar-refractivity contribution in [2.24, 2.45) is 0 Å². The predicted octanol–water partition coefficient (Wildman–Crippen LogP) is 2.51. The van der Waals surface area contributed by atoms with Gasteiger partial charge >= 0.3 is 0 Å². The van der Waals surface area contributed by atoms with E-state index in [1.165, 1.54) is 7.11 Å². The van der Waals surface area contributed by atoms with E-state index >= 15 is 0 Å². The number of rotatable bonds is 2. The normalized spacial score (nSPS) is 21.0. The fourth-order valence-electron chi connectivity index (χ4n) is 2.33. The number of fused-ring (bicyclic) bond motifs is 1. The van der Waals surface area contributed by atoms with Crippen molar-refractivity contribution in [3.05, 3.63) is 59.7 Å². The summed E-state index contributed by atoms with van der Waals surface area (Å²) in [6.45, 7) is 0. The zero-order valence-electron chi connectivity index (χ0n) is 11.0. The number of methoxy groups -OCH3 is 1. The molecule has 0 spiro atoms. The molecule has 0 radical (unpaired) electrons. The quantitative estimate of drug-likeness (QED) is 0.911. The van der Waals surface area contributed by atoms with Crippen LogP contribution in [0.25, 0.3) is 0 Å². The lowest BCUT2D eigenvalue weighted by atomic mass is 9.93. The number of hydrogen-bond donors (Lipinski definition) is 1. The summed E-state index contributed by atoms with van der Waals surface area (Å²) >= 11 is 0. The van der Waals surface area contributed by atoms with Crippen molar-refractivity contribution in [1.29, 1.82) is 0 Å². The van der Waals surface area contributed by atoms with Gasteiger partial charge in [0.2, 0.25) is 5.79 Å². The van der Waals surface area contributed by atoms with Crippen LogP contribution in [0.1, 0.15) is 22.3 Å². The molecule has 102 valence electrons. The molecule has 1 aliphatic rings. The highest BCUT2D eigenvalue weighted by Crippen LogP contribution is 2.39. The third-order valence-electron chi connectivity index (χ3n) is 3.39. The molecular weight excluding hydrogens is 256 g/mol. The molecule has 0 aliphatic carbocycles. The molecule has 2 aromatic rings. The number of Topliss-reactive ketones (excluding diaryl/α,β-unsaturated/α-hetero) is 1. The van der Waals surface area contributed by atoms with Gasteiger partial charge in [-0.2, -0.15) is 0 Å². The highest BCUT2D eigenvalue weighted by Gasteiger charge is 2.40. The fraction of sp³-hybridized carbons (Fsp3) is 0.188. The van der Waals surface area contributed by atoms with Crippen molar-refractivity contribution < 1.29 is 19.4 Å². The lowest BCUT2D eigenvalue weighted by Gasteiger charge is -2.33. The molecule has 3 rings (SSSR count). The van der Waals surface area contributed by atoms with Gasteiger partial charge in [0.15, 0.2) is 5.78 Å². The molecule has 1 heterocycles. The van der Waals surface area contributed by atoms with Gasteiger partial charge in [-0.15, -0.1) is 0 Å². The second kappa shape index (κ2) is 4.65. The van der Waals surface area contributed by atoms with E-state index in [2.05, 4.69) is 0 Å². The van der Waals surface area contributed by atoms with E-state index in [-0.39, 0.29) is 12.2 Å². The molecule has 0 aromatic heterocycles. The first-order valence-electron chi connectivity index (χ1n) is 6.30. The highest BCUT2D eigenvalue weighted by molar-refractivity contribution is 6.00. The van der Waals surface area contributed by atoms with Crippen LogP contribution in [0.15, 0.2) is 48.5 Å². The summed E-state index contributed by atoms with van der Waals surface area (Å²) in [7, 11) is 1.54. The SMILES string of the molecule is COc1ccc2c(c1)OC(O)(c1ccccc1)CC2=O. The van der Waals surface area contributed by atoms with Crippen LogP contribution in [0.4, 0.5) is 0 Å². The molecule has 1 atom stereocenters. The second-order valence-electron chi connectivity index (χ2n) is 4.71. The summed E-state index contributed by atoms with van der Waals surface area (Å²) in [5.41, 5.74) is 1.02. The smallest absolute Gasteiger partial charge is 0.242 e. The average Bonchev–Trinajstić information content (AvgIpc) is 2.47. The summed E-state index contributed by atoms with van der Waals surface area (Å²) in [6, 6.07) is 13.9. The molecule has 1 unspecified atom stereocenters. The number of aliphatic hydroxyl groups is 1. The molecule has 1 N–H and O–H groups in total. The number of hydrogen-bond acceptors (Lipinski definition) is 4. The number of carbonyl (C=O) groups excluding carboxylic acids is 1. The monoisotopic (exact) mass is 270 g/mol. The molecule has 20 heavy (non-hydrogen) atoms. The standard InChI is InChI=1S/C16H14O4/c1-19-12-7-8-13-14(17)10-16(18,20-15(13)9-12)11-5-3-2-4-6-11/h2-9,18H,10H2,1H3. The van der Waals surface area contributed by atoms with E-state index in [0.717, 1.165) is 0 Å². The summed E-state index contributed by atoms with van der Waals surface area (Å²) in [5, 5.41) is 10.6. The van der Waals surface area contributed by atoms with Gasteiger partial charge in [-0.1, -0.05) is 30.3 Å². The molecule has 4 nitrogen and oxygen atoms in total. The minimum Gasteiger partial charge on any atom is -0.497 e. The zero-order chi connectivity index (χ0) is 14.2. The second-order valence-corrected chi connectivity index (χ2v) is 4.71. The van der Waals surface area contributed by atoms with Gasteiger partial charge in [-0.3, -0.25) is 4.79 Å². The van der Waals surface area contributed by atoms with Crippen LogP contribution in [0.3, 0.4) is 0 Å². The first kappa shape index (κ1) is 12.7. The minimum atomic E-state index is -1.63. The fourth-order valence-corrected chi connectivity index (χ4v) is 2.33. The maximum absolute atomic E-state index is 12.2. The van der Waals surface area contributed by atoms with Crippen molar-refractivity contribution in [2.45, 2.75) is 12.2 Å². The van der Waals surface area contributed by atoms with Gasteiger partial charge in [-0.05, 0) is 12.1 Å². The number of benzene rings is 2. The van der Waals surface area contributed by atoms with E-state index in [1.54, 1.807) is 42.5 Å². The summed E-state index contributed by atoms with van der Waals surface area (Å²) < 4.78 is 10.8. The first-order valence-corrected chi connectivity index (χ1v) is 6.30. The third-order valence-corrected chi connectivity index (χ3v) is 3.39. The summed E-state index contributed by atoms with van der Waals surface area (Å²) in [5.74, 6) is -0.862. The van der Waals surface area contributed by atoms with Crippen LogP contribution >= 0.6 is 0 Å². The summed E-state index contributed by atoms with van der Waals surface area (Å²) in [4.78, 5) is 12.2. The Kier molecular flexibility index (Phi) is 2.95. The number of ether oxygens (including phenoxy) is 2. The van der Waals surface area contributed by atoms with Crippen LogP contribution < -0.4 is 9.47 Å². The van der Waals surface area contributed by atoms with Gasteiger partial charge in [0.1, 0.15) is 11.5 Å². The van der Waals surface area contributed by atoms with E-state index in [0.29, 0.717) is 22.6 Å². The van der Waals surface area contributed by atoms with Gasteiger partial charge in [-0.25, -0.2) is 0 Å². The van der Waals surface area contributed by atoms with Crippen molar-refractivity contribution in [2.75, 3.05) is 7.11 Å². The van der Waals surface area contributed by atoms with Crippen LogP contribution in [0, 0.1) is 0 Å². The molecule has 2 aromatic carbocycles. The van der Waals surface area contributed by atoms with Crippen molar-refractivity contribution in [1.82, 2.24) is 0 Å². The first-order chi connectivity index (χ1) is 9.62. The van der Waals surface area contributed by atoms with Crippen molar-refractivity contribution >= 4 is 5.78 Å². The Labute approximate surface area is 116 Å². The Morgan fingerprint density at radius 1 is 1.20 bits per heavy atom. The van der Waals surface area contributed by atoms with Gasteiger partial charge < -0.3 is 14.6 Å². The Hall–Kier alpha value is -2.33. The minimum absolute atomic E-state index is 0.101. The molecule has 0 amide bonds. The Bertz CT molecular complexity index is 651. The lowest BCUT2D eigenvalue weighted by Crippen LogP contribution is -2.39. The molecule has 0 saturated heterocycles. The Balaban J connectivity index is 2.05.